The number of rotatable bonds is 2. The Kier molecular flexibility index (Phi) is 2.32. The Bertz CT molecular complexity index is 324. The Morgan fingerprint density at radius 1 is 1.60 bits per heavy atom. The zero-order valence-electron chi connectivity index (χ0n) is 9.39. The Labute approximate surface area is 96.5 Å². The Balaban J connectivity index is 2.20. The van der Waals surface area contributed by atoms with Gasteiger partial charge in [-0.05, 0) is 37.4 Å². The van der Waals surface area contributed by atoms with Gasteiger partial charge in [-0.2, -0.15) is 0 Å². The molecule has 0 aliphatic heterocycles. The molecular weight excluding hydrogens is 206 g/mol. The number of fused-ring (bicyclic) bond motifs is 2. The van der Waals surface area contributed by atoms with Gasteiger partial charge in [-0.25, -0.2) is 5.43 Å². The van der Waals surface area contributed by atoms with Gasteiger partial charge in [-0.15, -0.1) is 0 Å². The van der Waals surface area contributed by atoms with Crippen molar-refractivity contribution < 1.29 is 0 Å². The monoisotopic (exact) mass is 225 g/mol. The van der Waals surface area contributed by atoms with E-state index < -0.39 is 0 Å². The third-order valence-corrected chi connectivity index (χ3v) is 4.53. The molecule has 4 heteroatoms. The van der Waals surface area contributed by atoms with E-state index in [1.807, 2.05) is 0 Å². The molecule has 2 aliphatic rings. The second kappa shape index (κ2) is 3.19. The van der Waals surface area contributed by atoms with Crippen LogP contribution < -0.4 is 16.6 Å². The summed E-state index contributed by atoms with van der Waals surface area (Å²) in [6, 6.07) is 0. The molecule has 0 saturated heterocycles. The first-order valence-electron chi connectivity index (χ1n) is 5.41. The molecule has 0 aromatic rings. The lowest BCUT2D eigenvalue weighted by Crippen LogP contribution is -2.60. The van der Waals surface area contributed by atoms with Crippen LogP contribution in [0.5, 0.6) is 0 Å². The molecule has 0 aromatic carbocycles. The van der Waals surface area contributed by atoms with Crippen LogP contribution in [0, 0.1) is 11.3 Å². The first kappa shape index (κ1) is 10.9. The minimum absolute atomic E-state index is 0.0815. The summed E-state index contributed by atoms with van der Waals surface area (Å²) in [6.45, 7) is 8.74. The highest BCUT2D eigenvalue weighted by molar-refractivity contribution is 7.80. The lowest BCUT2D eigenvalue weighted by atomic mass is 9.69. The van der Waals surface area contributed by atoms with Gasteiger partial charge in [-0.1, -0.05) is 26.0 Å². The fourth-order valence-electron chi connectivity index (χ4n) is 3.18. The van der Waals surface area contributed by atoms with Crippen LogP contribution in [-0.4, -0.2) is 10.7 Å². The van der Waals surface area contributed by atoms with Crippen LogP contribution in [0.2, 0.25) is 0 Å². The molecule has 84 valence electrons. The molecule has 2 saturated carbocycles. The lowest BCUT2D eigenvalue weighted by Gasteiger charge is -2.43. The quantitative estimate of drug-likeness (QED) is 0.378. The SMILES string of the molecule is C=C1C2CCC(NNC(N)=S)(C2)C1(C)C. The molecule has 15 heavy (non-hydrogen) atoms. The summed E-state index contributed by atoms with van der Waals surface area (Å²) in [7, 11) is 0. The highest BCUT2D eigenvalue weighted by Crippen LogP contribution is 2.60. The molecule has 0 spiro atoms. The Hall–Kier alpha value is -0.610. The fraction of sp³-hybridized carbons (Fsp3) is 0.727. The van der Waals surface area contributed by atoms with Gasteiger partial charge in [0.05, 0.1) is 0 Å². The van der Waals surface area contributed by atoms with Crippen LogP contribution in [0.15, 0.2) is 12.2 Å². The van der Waals surface area contributed by atoms with Crippen molar-refractivity contribution in [2.24, 2.45) is 17.1 Å². The van der Waals surface area contributed by atoms with Crippen molar-refractivity contribution in [1.29, 1.82) is 0 Å². The molecule has 0 heterocycles. The van der Waals surface area contributed by atoms with Gasteiger partial charge >= 0.3 is 0 Å². The molecule has 2 unspecified atom stereocenters. The van der Waals surface area contributed by atoms with Crippen molar-refractivity contribution in [2.45, 2.75) is 38.6 Å². The predicted molar refractivity (Wildman–Crippen MR) is 66.0 cm³/mol. The summed E-state index contributed by atoms with van der Waals surface area (Å²) in [6.07, 6.45) is 3.54. The van der Waals surface area contributed by atoms with Gasteiger partial charge in [0, 0.05) is 11.0 Å². The Morgan fingerprint density at radius 2 is 2.27 bits per heavy atom. The van der Waals surface area contributed by atoms with Crippen LogP contribution in [0.1, 0.15) is 33.1 Å². The minimum Gasteiger partial charge on any atom is -0.375 e. The van der Waals surface area contributed by atoms with Gasteiger partial charge in [0.1, 0.15) is 0 Å². The van der Waals surface area contributed by atoms with E-state index in [1.54, 1.807) is 0 Å². The van der Waals surface area contributed by atoms with E-state index in [-0.39, 0.29) is 11.0 Å². The average molecular weight is 225 g/mol. The van der Waals surface area contributed by atoms with Crippen molar-refractivity contribution in [2.75, 3.05) is 0 Å². The number of thiocarbonyl (C=S) groups is 1. The number of hydrogen-bond acceptors (Lipinski definition) is 2. The predicted octanol–water partition coefficient (Wildman–Crippen LogP) is 1.46. The van der Waals surface area contributed by atoms with Gasteiger partial charge < -0.3 is 5.73 Å². The number of nitrogens with one attached hydrogen (secondary N) is 2. The molecule has 0 radical (unpaired) electrons. The van der Waals surface area contributed by atoms with Crippen molar-refractivity contribution >= 4 is 17.3 Å². The number of hydrogen-bond donors (Lipinski definition) is 3. The smallest absolute Gasteiger partial charge is 0.178 e. The second-order valence-corrected chi connectivity index (χ2v) is 5.73. The molecule has 2 aliphatic carbocycles. The molecule has 0 aromatic heterocycles. The molecule has 2 rings (SSSR count). The van der Waals surface area contributed by atoms with E-state index >= 15 is 0 Å². The summed E-state index contributed by atoms with van der Waals surface area (Å²) < 4.78 is 0. The van der Waals surface area contributed by atoms with E-state index in [9.17, 15) is 0 Å². The van der Waals surface area contributed by atoms with Crippen molar-refractivity contribution in [3.05, 3.63) is 12.2 Å². The lowest BCUT2D eigenvalue weighted by molar-refractivity contribution is 0.168. The van der Waals surface area contributed by atoms with Crippen LogP contribution >= 0.6 is 12.2 Å². The second-order valence-electron chi connectivity index (χ2n) is 5.29. The molecule has 4 N–H and O–H groups in total. The average Bonchev–Trinajstić information content (AvgIpc) is 2.64. The number of nitrogens with two attached hydrogens (primary N) is 1. The zero-order valence-corrected chi connectivity index (χ0v) is 10.2. The van der Waals surface area contributed by atoms with Crippen molar-refractivity contribution in [1.82, 2.24) is 10.9 Å². The molecule has 2 atom stereocenters. The maximum absolute atomic E-state index is 5.46. The van der Waals surface area contributed by atoms with Crippen LogP contribution in [0.3, 0.4) is 0 Å². The fourth-order valence-corrected chi connectivity index (χ4v) is 3.23. The molecule has 3 nitrogen and oxygen atoms in total. The first-order chi connectivity index (χ1) is 6.89. The van der Waals surface area contributed by atoms with E-state index in [0.717, 1.165) is 6.42 Å². The third-order valence-electron chi connectivity index (χ3n) is 4.43. The summed E-state index contributed by atoms with van der Waals surface area (Å²) in [5.74, 6) is 0.667. The summed E-state index contributed by atoms with van der Waals surface area (Å²) in [5, 5.41) is 0.307. The van der Waals surface area contributed by atoms with Gasteiger partial charge in [0.15, 0.2) is 5.11 Å². The Morgan fingerprint density at radius 3 is 2.73 bits per heavy atom. The highest BCUT2D eigenvalue weighted by Gasteiger charge is 2.59. The van der Waals surface area contributed by atoms with Crippen molar-refractivity contribution in [3.63, 3.8) is 0 Å². The van der Waals surface area contributed by atoms with E-state index in [1.165, 1.54) is 18.4 Å². The molecule has 2 bridgehead atoms. The van der Waals surface area contributed by atoms with E-state index in [0.29, 0.717) is 11.0 Å². The van der Waals surface area contributed by atoms with Crippen LogP contribution in [0.4, 0.5) is 0 Å². The van der Waals surface area contributed by atoms with Gasteiger partial charge in [0.2, 0.25) is 0 Å². The largest absolute Gasteiger partial charge is 0.375 e. The molecule has 2 fully saturated rings. The number of hydrazine groups is 1. The normalized spacial score (nSPS) is 36.9. The van der Waals surface area contributed by atoms with E-state index in [2.05, 4.69) is 31.3 Å². The van der Waals surface area contributed by atoms with Crippen LogP contribution in [0.25, 0.3) is 0 Å². The first-order valence-corrected chi connectivity index (χ1v) is 5.82. The maximum atomic E-state index is 5.46. The topological polar surface area (TPSA) is 50.1 Å². The van der Waals surface area contributed by atoms with Crippen LogP contribution in [-0.2, 0) is 0 Å². The van der Waals surface area contributed by atoms with Gasteiger partial charge in [0.25, 0.3) is 0 Å². The summed E-state index contributed by atoms with van der Waals surface area (Å²) in [5.41, 5.74) is 13.3. The maximum Gasteiger partial charge on any atom is 0.178 e. The van der Waals surface area contributed by atoms with E-state index in [4.69, 9.17) is 18.0 Å². The van der Waals surface area contributed by atoms with Crippen molar-refractivity contribution in [3.8, 4) is 0 Å². The standard InChI is InChI=1S/C11H19N3S/c1-7-8-4-5-11(6-8,10(7,2)3)14-13-9(12)15/h8,14H,1,4-6H2,2-3H3,(H3,12,13,15). The minimum atomic E-state index is 0.0815. The zero-order chi connectivity index (χ0) is 11.3. The molecular formula is C11H19N3S. The summed E-state index contributed by atoms with van der Waals surface area (Å²) in [4.78, 5) is 0. The van der Waals surface area contributed by atoms with Gasteiger partial charge in [-0.3, -0.25) is 5.43 Å². The molecule has 0 amide bonds. The highest BCUT2D eigenvalue weighted by atomic mass is 32.1. The third kappa shape index (κ3) is 1.39. The summed E-state index contributed by atoms with van der Waals surface area (Å²) >= 11 is 4.83.